The molecule has 1 N–H and O–H groups in total. The first-order valence-electron chi connectivity index (χ1n) is 7.19. The summed E-state index contributed by atoms with van der Waals surface area (Å²) >= 11 is 15.2. The molecule has 0 heterocycles. The van der Waals surface area contributed by atoms with Crippen LogP contribution in [0.3, 0.4) is 0 Å². The summed E-state index contributed by atoms with van der Waals surface area (Å²) in [5, 5.41) is 3.55. The number of nitrogens with one attached hydrogen (secondary N) is 1. The SMILES string of the molecule is CC(C)Oc1cccc(NC(=O)COc2c(Cl)cc(Cl)cc2Br)c1. The van der Waals surface area contributed by atoms with Crippen molar-refractivity contribution in [3.05, 3.63) is 50.9 Å². The van der Waals surface area contributed by atoms with E-state index in [1.807, 2.05) is 19.9 Å². The largest absolute Gasteiger partial charge is 0.491 e. The zero-order chi connectivity index (χ0) is 17.7. The molecule has 24 heavy (non-hydrogen) atoms. The van der Waals surface area contributed by atoms with E-state index in [2.05, 4.69) is 21.2 Å². The average molecular weight is 433 g/mol. The molecule has 0 fully saturated rings. The minimum atomic E-state index is -0.311. The number of carbonyl (C=O) groups excluding carboxylic acids is 1. The molecule has 0 saturated heterocycles. The standard InChI is InChI=1S/C17H16BrCl2NO3/c1-10(2)24-13-5-3-4-12(8-13)21-16(22)9-23-17-14(18)6-11(19)7-15(17)20/h3-8,10H,9H2,1-2H3,(H,21,22). The zero-order valence-electron chi connectivity index (χ0n) is 13.1. The Hall–Kier alpha value is -1.43. The number of benzene rings is 2. The van der Waals surface area contributed by atoms with Crippen LogP contribution in [-0.2, 0) is 4.79 Å². The molecule has 0 aliphatic heterocycles. The number of rotatable bonds is 6. The number of carbonyl (C=O) groups is 1. The summed E-state index contributed by atoms with van der Waals surface area (Å²) in [6.07, 6.45) is 0.0590. The zero-order valence-corrected chi connectivity index (χ0v) is 16.2. The summed E-state index contributed by atoms with van der Waals surface area (Å²) < 4.78 is 11.6. The highest BCUT2D eigenvalue weighted by Crippen LogP contribution is 2.36. The molecule has 2 rings (SSSR count). The van der Waals surface area contributed by atoms with E-state index < -0.39 is 0 Å². The molecule has 0 spiro atoms. The molecular formula is C17H16BrCl2NO3. The molecule has 0 bridgehead atoms. The van der Waals surface area contributed by atoms with E-state index in [1.54, 1.807) is 30.3 Å². The van der Waals surface area contributed by atoms with Crippen LogP contribution in [0.15, 0.2) is 40.9 Å². The molecule has 0 atom stereocenters. The van der Waals surface area contributed by atoms with Crippen LogP contribution in [0, 0.1) is 0 Å². The van der Waals surface area contributed by atoms with Gasteiger partial charge < -0.3 is 14.8 Å². The minimum absolute atomic E-state index is 0.0590. The molecule has 0 aromatic heterocycles. The van der Waals surface area contributed by atoms with Crippen molar-refractivity contribution >= 4 is 50.7 Å². The van der Waals surface area contributed by atoms with Crippen LogP contribution >= 0.6 is 39.1 Å². The van der Waals surface area contributed by atoms with E-state index in [9.17, 15) is 4.79 Å². The van der Waals surface area contributed by atoms with E-state index in [-0.39, 0.29) is 18.6 Å². The van der Waals surface area contributed by atoms with Gasteiger partial charge in [0.25, 0.3) is 5.91 Å². The van der Waals surface area contributed by atoms with Gasteiger partial charge in [-0.1, -0.05) is 29.3 Å². The Morgan fingerprint density at radius 1 is 1.25 bits per heavy atom. The highest BCUT2D eigenvalue weighted by Gasteiger charge is 2.11. The van der Waals surface area contributed by atoms with Gasteiger partial charge in [0.05, 0.1) is 15.6 Å². The van der Waals surface area contributed by atoms with Gasteiger partial charge >= 0.3 is 0 Å². The second kappa shape index (κ2) is 8.60. The fraction of sp³-hybridized carbons (Fsp3) is 0.235. The van der Waals surface area contributed by atoms with Gasteiger partial charge in [0.15, 0.2) is 12.4 Å². The second-order valence-electron chi connectivity index (χ2n) is 5.23. The Kier molecular flexibility index (Phi) is 6.78. The maximum absolute atomic E-state index is 12.0. The van der Waals surface area contributed by atoms with Crippen LogP contribution in [0.4, 0.5) is 5.69 Å². The highest BCUT2D eigenvalue weighted by atomic mass is 79.9. The smallest absolute Gasteiger partial charge is 0.262 e. The molecule has 0 saturated carbocycles. The van der Waals surface area contributed by atoms with Crippen molar-refractivity contribution < 1.29 is 14.3 Å². The number of hydrogen-bond donors (Lipinski definition) is 1. The van der Waals surface area contributed by atoms with Crippen LogP contribution in [0.5, 0.6) is 11.5 Å². The topological polar surface area (TPSA) is 47.6 Å². The Bertz CT molecular complexity index is 715. The van der Waals surface area contributed by atoms with Crippen LogP contribution in [0.2, 0.25) is 10.0 Å². The molecule has 0 unspecified atom stereocenters. The number of halogens is 3. The van der Waals surface area contributed by atoms with Gasteiger partial charge in [-0.2, -0.15) is 0 Å². The number of hydrogen-bond acceptors (Lipinski definition) is 3. The number of ether oxygens (including phenoxy) is 2. The molecule has 0 aliphatic rings. The van der Waals surface area contributed by atoms with Crippen LogP contribution < -0.4 is 14.8 Å². The number of anilines is 1. The molecule has 128 valence electrons. The Labute approximate surface area is 159 Å². The lowest BCUT2D eigenvalue weighted by atomic mass is 10.3. The second-order valence-corrected chi connectivity index (χ2v) is 6.93. The first-order chi connectivity index (χ1) is 11.3. The van der Waals surface area contributed by atoms with Gasteiger partial charge in [-0.3, -0.25) is 4.79 Å². The van der Waals surface area contributed by atoms with E-state index in [1.165, 1.54) is 0 Å². The Morgan fingerprint density at radius 3 is 2.67 bits per heavy atom. The maximum atomic E-state index is 12.0. The summed E-state index contributed by atoms with van der Waals surface area (Å²) in [4.78, 5) is 12.0. The van der Waals surface area contributed by atoms with Gasteiger partial charge in [-0.25, -0.2) is 0 Å². The maximum Gasteiger partial charge on any atom is 0.262 e. The molecule has 2 aromatic carbocycles. The van der Waals surface area contributed by atoms with Crippen molar-refractivity contribution in [2.45, 2.75) is 20.0 Å². The predicted molar refractivity (Wildman–Crippen MR) is 100 cm³/mol. The van der Waals surface area contributed by atoms with E-state index in [0.717, 1.165) is 0 Å². The van der Waals surface area contributed by atoms with Gasteiger partial charge in [-0.05, 0) is 54.0 Å². The molecule has 1 amide bonds. The normalized spacial score (nSPS) is 10.6. The van der Waals surface area contributed by atoms with Gasteiger partial charge in [0.2, 0.25) is 0 Å². The predicted octanol–water partition coefficient (Wildman–Crippen LogP) is 5.56. The first kappa shape index (κ1) is 18.9. The molecule has 0 aliphatic carbocycles. The molecule has 2 aromatic rings. The summed E-state index contributed by atoms with van der Waals surface area (Å²) in [5.74, 6) is 0.745. The quantitative estimate of drug-likeness (QED) is 0.649. The Balaban J connectivity index is 1.97. The monoisotopic (exact) mass is 431 g/mol. The third-order valence-electron chi connectivity index (χ3n) is 2.80. The minimum Gasteiger partial charge on any atom is -0.491 e. The van der Waals surface area contributed by atoms with Crippen molar-refractivity contribution in [1.29, 1.82) is 0 Å². The van der Waals surface area contributed by atoms with Gasteiger partial charge in [-0.15, -0.1) is 0 Å². The van der Waals surface area contributed by atoms with Crippen molar-refractivity contribution in [2.24, 2.45) is 0 Å². The third kappa shape index (κ3) is 5.58. The van der Waals surface area contributed by atoms with Crippen LogP contribution in [-0.4, -0.2) is 18.6 Å². The summed E-state index contributed by atoms with van der Waals surface area (Å²) in [6.45, 7) is 3.69. The molecule has 0 radical (unpaired) electrons. The van der Waals surface area contributed by atoms with Crippen molar-refractivity contribution in [2.75, 3.05) is 11.9 Å². The lowest BCUT2D eigenvalue weighted by Crippen LogP contribution is -2.20. The van der Waals surface area contributed by atoms with E-state index >= 15 is 0 Å². The number of amides is 1. The summed E-state index contributed by atoms with van der Waals surface area (Å²) in [6, 6.07) is 10.4. The van der Waals surface area contributed by atoms with Gasteiger partial charge in [0, 0.05) is 16.8 Å². The van der Waals surface area contributed by atoms with Crippen molar-refractivity contribution in [3.63, 3.8) is 0 Å². The summed E-state index contributed by atoms with van der Waals surface area (Å²) in [5.41, 5.74) is 0.628. The van der Waals surface area contributed by atoms with Crippen molar-refractivity contribution in [1.82, 2.24) is 0 Å². The first-order valence-corrected chi connectivity index (χ1v) is 8.74. The molecule has 4 nitrogen and oxygen atoms in total. The molecular weight excluding hydrogens is 417 g/mol. The molecule has 7 heteroatoms. The Morgan fingerprint density at radius 2 is 2.00 bits per heavy atom. The van der Waals surface area contributed by atoms with Crippen LogP contribution in [0.25, 0.3) is 0 Å². The lowest BCUT2D eigenvalue weighted by molar-refractivity contribution is -0.118. The summed E-state index contributed by atoms with van der Waals surface area (Å²) in [7, 11) is 0. The van der Waals surface area contributed by atoms with E-state index in [4.69, 9.17) is 32.7 Å². The van der Waals surface area contributed by atoms with Crippen molar-refractivity contribution in [3.8, 4) is 11.5 Å². The lowest BCUT2D eigenvalue weighted by Gasteiger charge is -2.13. The fourth-order valence-electron chi connectivity index (χ4n) is 1.92. The van der Waals surface area contributed by atoms with Crippen LogP contribution in [0.1, 0.15) is 13.8 Å². The third-order valence-corrected chi connectivity index (χ3v) is 3.89. The van der Waals surface area contributed by atoms with E-state index in [0.29, 0.717) is 31.7 Å². The highest BCUT2D eigenvalue weighted by molar-refractivity contribution is 9.10. The fourth-order valence-corrected chi connectivity index (χ4v) is 3.29. The van der Waals surface area contributed by atoms with Gasteiger partial charge in [0.1, 0.15) is 5.75 Å². The average Bonchev–Trinajstić information content (AvgIpc) is 2.45.